The van der Waals surface area contributed by atoms with E-state index in [1.54, 1.807) is 24.0 Å². The van der Waals surface area contributed by atoms with Gasteiger partial charge in [0, 0.05) is 19.3 Å². The molecule has 1 fully saturated rings. The van der Waals surface area contributed by atoms with Gasteiger partial charge in [0.25, 0.3) is 0 Å². The summed E-state index contributed by atoms with van der Waals surface area (Å²) in [6.45, 7) is 0. The van der Waals surface area contributed by atoms with Crippen LogP contribution >= 0.6 is 0 Å². The standard InChI is InChI=1S/C10H11N3O/c1-12-9-6-11-5-4-8(9)13(10(12)14)7-2-3-7/h4-7H,2-3H2,1H3. The van der Waals surface area contributed by atoms with Crippen LogP contribution in [-0.4, -0.2) is 14.1 Å². The summed E-state index contributed by atoms with van der Waals surface area (Å²) in [6.07, 6.45) is 5.74. The van der Waals surface area contributed by atoms with Gasteiger partial charge in [-0.2, -0.15) is 0 Å². The summed E-state index contributed by atoms with van der Waals surface area (Å²) in [5.74, 6) is 0. The molecule has 1 aliphatic rings. The molecule has 2 aromatic heterocycles. The van der Waals surface area contributed by atoms with Crippen LogP contribution in [0, 0.1) is 0 Å². The zero-order valence-electron chi connectivity index (χ0n) is 7.97. The first-order valence-corrected chi connectivity index (χ1v) is 4.80. The number of imidazole rings is 1. The fourth-order valence-electron chi connectivity index (χ4n) is 1.89. The van der Waals surface area contributed by atoms with Crippen molar-refractivity contribution in [2.24, 2.45) is 7.05 Å². The Bertz CT molecular complexity index is 548. The molecule has 4 nitrogen and oxygen atoms in total. The number of aryl methyl sites for hydroxylation is 1. The second-order valence-electron chi connectivity index (χ2n) is 3.81. The number of rotatable bonds is 1. The molecule has 0 amide bonds. The Kier molecular flexibility index (Phi) is 1.37. The molecule has 0 N–H and O–H groups in total. The van der Waals surface area contributed by atoms with Gasteiger partial charge in [0.15, 0.2) is 0 Å². The van der Waals surface area contributed by atoms with E-state index in [-0.39, 0.29) is 5.69 Å². The van der Waals surface area contributed by atoms with Gasteiger partial charge in [-0.1, -0.05) is 0 Å². The lowest BCUT2D eigenvalue weighted by Gasteiger charge is -1.97. The summed E-state index contributed by atoms with van der Waals surface area (Å²) in [4.78, 5) is 15.9. The first kappa shape index (κ1) is 7.79. The van der Waals surface area contributed by atoms with Crippen LogP contribution in [-0.2, 0) is 7.05 Å². The maximum Gasteiger partial charge on any atom is 0.329 e. The molecule has 72 valence electrons. The third kappa shape index (κ3) is 0.880. The second kappa shape index (κ2) is 2.47. The summed E-state index contributed by atoms with van der Waals surface area (Å²) in [6, 6.07) is 2.34. The average Bonchev–Trinajstić information content (AvgIpc) is 2.99. The van der Waals surface area contributed by atoms with Gasteiger partial charge in [0.05, 0.1) is 17.2 Å². The Balaban J connectivity index is 2.47. The molecule has 2 aromatic rings. The van der Waals surface area contributed by atoms with E-state index in [4.69, 9.17) is 0 Å². The number of pyridine rings is 1. The zero-order chi connectivity index (χ0) is 9.71. The highest BCUT2D eigenvalue weighted by Gasteiger charge is 2.27. The van der Waals surface area contributed by atoms with Crippen molar-refractivity contribution < 1.29 is 0 Å². The maximum absolute atomic E-state index is 11.9. The van der Waals surface area contributed by atoms with Crippen LogP contribution in [0.3, 0.4) is 0 Å². The monoisotopic (exact) mass is 189 g/mol. The molecule has 1 saturated carbocycles. The smallest absolute Gasteiger partial charge is 0.293 e. The van der Waals surface area contributed by atoms with Crippen molar-refractivity contribution in [1.82, 2.24) is 14.1 Å². The van der Waals surface area contributed by atoms with Gasteiger partial charge in [-0.3, -0.25) is 14.1 Å². The highest BCUT2D eigenvalue weighted by atomic mass is 16.1. The van der Waals surface area contributed by atoms with Gasteiger partial charge in [-0.05, 0) is 18.9 Å². The fraction of sp³-hybridized carbons (Fsp3) is 0.400. The Morgan fingerprint density at radius 2 is 2.21 bits per heavy atom. The van der Waals surface area contributed by atoms with E-state index in [1.165, 1.54) is 0 Å². The molecule has 0 spiro atoms. The summed E-state index contributed by atoms with van der Waals surface area (Å²) < 4.78 is 3.55. The molecule has 0 bridgehead atoms. The highest BCUT2D eigenvalue weighted by molar-refractivity contribution is 5.74. The first-order valence-electron chi connectivity index (χ1n) is 4.80. The summed E-state index contributed by atoms with van der Waals surface area (Å²) in [7, 11) is 1.80. The number of fused-ring (bicyclic) bond motifs is 1. The Labute approximate surface area is 80.8 Å². The molecular weight excluding hydrogens is 178 g/mol. The molecule has 4 heteroatoms. The van der Waals surface area contributed by atoms with Crippen LogP contribution in [0.15, 0.2) is 23.3 Å². The van der Waals surface area contributed by atoms with Crippen LogP contribution in [0.25, 0.3) is 11.0 Å². The third-order valence-electron chi connectivity index (χ3n) is 2.80. The molecule has 0 aromatic carbocycles. The molecule has 2 heterocycles. The summed E-state index contributed by atoms with van der Waals surface area (Å²) in [5.41, 5.74) is 2.01. The largest absolute Gasteiger partial charge is 0.329 e. The van der Waals surface area contributed by atoms with Crippen molar-refractivity contribution in [3.8, 4) is 0 Å². The van der Waals surface area contributed by atoms with E-state index in [9.17, 15) is 4.79 Å². The van der Waals surface area contributed by atoms with Crippen molar-refractivity contribution in [2.45, 2.75) is 18.9 Å². The Hall–Kier alpha value is -1.58. The summed E-state index contributed by atoms with van der Waals surface area (Å²) >= 11 is 0. The van der Waals surface area contributed by atoms with Gasteiger partial charge in [0.2, 0.25) is 0 Å². The van der Waals surface area contributed by atoms with Gasteiger partial charge in [0.1, 0.15) is 0 Å². The minimum absolute atomic E-state index is 0.0792. The predicted octanol–water partition coefficient (Wildman–Crippen LogP) is 1.07. The van der Waals surface area contributed by atoms with E-state index < -0.39 is 0 Å². The average molecular weight is 189 g/mol. The quantitative estimate of drug-likeness (QED) is 0.673. The molecule has 0 saturated heterocycles. The molecule has 0 atom stereocenters. The van der Waals surface area contributed by atoms with Crippen molar-refractivity contribution in [2.75, 3.05) is 0 Å². The Morgan fingerprint density at radius 1 is 1.43 bits per heavy atom. The number of nitrogens with zero attached hydrogens (tertiary/aromatic N) is 3. The molecule has 0 unspecified atom stereocenters. The van der Waals surface area contributed by atoms with E-state index in [0.717, 1.165) is 23.9 Å². The topological polar surface area (TPSA) is 39.8 Å². The lowest BCUT2D eigenvalue weighted by Crippen LogP contribution is -2.21. The minimum Gasteiger partial charge on any atom is -0.293 e. The van der Waals surface area contributed by atoms with E-state index >= 15 is 0 Å². The van der Waals surface area contributed by atoms with E-state index in [1.807, 2.05) is 10.6 Å². The molecule has 0 aliphatic heterocycles. The molecule has 0 radical (unpaired) electrons. The van der Waals surface area contributed by atoms with Gasteiger partial charge in [-0.15, -0.1) is 0 Å². The lowest BCUT2D eigenvalue weighted by molar-refractivity contribution is 0.696. The third-order valence-corrected chi connectivity index (χ3v) is 2.80. The van der Waals surface area contributed by atoms with Crippen LogP contribution in [0.2, 0.25) is 0 Å². The number of aromatic nitrogens is 3. The number of hydrogen-bond acceptors (Lipinski definition) is 2. The van der Waals surface area contributed by atoms with Gasteiger partial charge in [-0.25, -0.2) is 4.79 Å². The maximum atomic E-state index is 11.9. The zero-order valence-corrected chi connectivity index (χ0v) is 7.97. The first-order chi connectivity index (χ1) is 6.79. The van der Waals surface area contributed by atoms with Gasteiger partial charge < -0.3 is 0 Å². The van der Waals surface area contributed by atoms with Gasteiger partial charge >= 0.3 is 5.69 Å². The molecule has 14 heavy (non-hydrogen) atoms. The van der Waals surface area contributed by atoms with Crippen LogP contribution in [0.4, 0.5) is 0 Å². The minimum atomic E-state index is 0.0792. The van der Waals surface area contributed by atoms with Crippen molar-refractivity contribution in [3.05, 3.63) is 28.9 Å². The second-order valence-corrected chi connectivity index (χ2v) is 3.81. The summed E-state index contributed by atoms with van der Waals surface area (Å²) in [5, 5.41) is 0. The lowest BCUT2D eigenvalue weighted by atomic mass is 10.4. The SMILES string of the molecule is Cn1c(=O)n(C2CC2)c2ccncc21. The van der Waals surface area contributed by atoms with Crippen molar-refractivity contribution in [3.63, 3.8) is 0 Å². The van der Waals surface area contributed by atoms with Crippen molar-refractivity contribution in [1.29, 1.82) is 0 Å². The van der Waals surface area contributed by atoms with Crippen LogP contribution in [0.5, 0.6) is 0 Å². The van der Waals surface area contributed by atoms with Crippen molar-refractivity contribution >= 4 is 11.0 Å². The van der Waals surface area contributed by atoms with E-state index in [2.05, 4.69) is 4.98 Å². The highest BCUT2D eigenvalue weighted by Crippen LogP contribution is 2.35. The normalized spacial score (nSPS) is 16.4. The number of hydrogen-bond donors (Lipinski definition) is 0. The predicted molar refractivity (Wildman–Crippen MR) is 53.2 cm³/mol. The van der Waals surface area contributed by atoms with E-state index in [0.29, 0.717) is 6.04 Å². The molecular formula is C10H11N3O. The molecule has 3 rings (SSSR count). The van der Waals surface area contributed by atoms with Crippen LogP contribution in [0.1, 0.15) is 18.9 Å². The van der Waals surface area contributed by atoms with Crippen LogP contribution < -0.4 is 5.69 Å². The Morgan fingerprint density at radius 3 is 2.93 bits per heavy atom. The molecule has 1 aliphatic carbocycles. The fourth-order valence-corrected chi connectivity index (χ4v) is 1.89.